The Morgan fingerprint density at radius 3 is 2.69 bits per heavy atom. The molecule has 1 aliphatic rings. The molecule has 0 heterocycles. The quantitative estimate of drug-likeness (QED) is 0.770. The van der Waals surface area contributed by atoms with Gasteiger partial charge in [0.25, 0.3) is 0 Å². The first-order chi connectivity index (χ1) is 7.32. The molecule has 94 valence electrons. The molecule has 2 atom stereocenters. The third-order valence-corrected chi connectivity index (χ3v) is 4.11. The smallest absolute Gasteiger partial charge is 0.355 e. The molecular weight excluding hydrogens is 256 g/mol. The summed E-state index contributed by atoms with van der Waals surface area (Å²) in [6.45, 7) is 1.65. The summed E-state index contributed by atoms with van der Waals surface area (Å²) in [5, 5.41) is 9.23. The van der Waals surface area contributed by atoms with Crippen molar-refractivity contribution in [2.45, 2.75) is 32.6 Å². The molecule has 0 aliphatic heterocycles. The van der Waals surface area contributed by atoms with Crippen LogP contribution in [0.25, 0.3) is 0 Å². The van der Waals surface area contributed by atoms with Gasteiger partial charge >= 0.3 is 15.3 Å². The fourth-order valence-corrected chi connectivity index (χ4v) is 2.93. The minimum absolute atomic E-state index is 0.147. The van der Waals surface area contributed by atoms with Gasteiger partial charge in [0.2, 0.25) is 0 Å². The van der Waals surface area contributed by atoms with Crippen LogP contribution in [-0.2, 0) is 18.3 Å². The van der Waals surface area contributed by atoms with Gasteiger partial charge in [0, 0.05) is 10.7 Å². The van der Waals surface area contributed by atoms with Crippen LogP contribution >= 0.6 is 10.7 Å². The van der Waals surface area contributed by atoms with E-state index in [-0.39, 0.29) is 12.5 Å². The Balaban J connectivity index is 2.75. The van der Waals surface area contributed by atoms with Crippen LogP contribution in [0.2, 0.25) is 0 Å². The van der Waals surface area contributed by atoms with Crippen LogP contribution < -0.4 is 0 Å². The van der Waals surface area contributed by atoms with E-state index >= 15 is 0 Å². The Bertz CT molecular complexity index is 366. The van der Waals surface area contributed by atoms with Crippen LogP contribution in [0.3, 0.4) is 0 Å². The number of halogens is 1. The lowest BCUT2D eigenvalue weighted by atomic mass is 9.76. The van der Waals surface area contributed by atoms with Gasteiger partial charge in [-0.1, -0.05) is 13.3 Å². The highest BCUT2D eigenvalue weighted by atomic mass is 35.7. The maximum Gasteiger partial charge on any atom is 0.355 e. The van der Waals surface area contributed by atoms with E-state index in [9.17, 15) is 18.3 Å². The molecule has 0 spiro atoms. The van der Waals surface area contributed by atoms with E-state index in [2.05, 4.69) is 4.18 Å². The standard InChI is InChI=1S/C9H15ClO5S/c1-2-9(8(11)12)5-3-4-7(9)6-15-16(10,13)14/h7H,2-6H2,1H3,(H,11,12). The van der Waals surface area contributed by atoms with Gasteiger partial charge in [0.1, 0.15) is 0 Å². The van der Waals surface area contributed by atoms with Crippen LogP contribution in [0.15, 0.2) is 0 Å². The van der Waals surface area contributed by atoms with Crippen LogP contribution in [0.1, 0.15) is 32.6 Å². The van der Waals surface area contributed by atoms with Crippen LogP contribution in [0.5, 0.6) is 0 Å². The third kappa shape index (κ3) is 2.87. The molecule has 1 aliphatic carbocycles. The van der Waals surface area contributed by atoms with Gasteiger partial charge in [-0.2, -0.15) is 8.42 Å². The van der Waals surface area contributed by atoms with Gasteiger partial charge < -0.3 is 5.11 Å². The number of hydrogen-bond acceptors (Lipinski definition) is 4. The molecule has 1 fully saturated rings. The summed E-state index contributed by atoms with van der Waals surface area (Å²) in [6, 6.07) is 0. The Hall–Kier alpha value is -0.330. The van der Waals surface area contributed by atoms with E-state index in [4.69, 9.17) is 10.7 Å². The minimum Gasteiger partial charge on any atom is -0.481 e. The van der Waals surface area contributed by atoms with E-state index in [0.29, 0.717) is 19.3 Å². The number of carboxylic acid groups (broad SMARTS) is 1. The van der Waals surface area contributed by atoms with Crippen LogP contribution in [0, 0.1) is 11.3 Å². The molecule has 0 bridgehead atoms. The first-order valence-electron chi connectivity index (χ1n) is 5.14. The van der Waals surface area contributed by atoms with Crippen molar-refractivity contribution < 1.29 is 22.5 Å². The van der Waals surface area contributed by atoms with Crippen molar-refractivity contribution in [1.29, 1.82) is 0 Å². The molecule has 1 N–H and O–H groups in total. The molecule has 7 heteroatoms. The fraction of sp³-hybridized carbons (Fsp3) is 0.889. The van der Waals surface area contributed by atoms with E-state index in [0.717, 1.165) is 6.42 Å². The maximum absolute atomic E-state index is 11.3. The lowest BCUT2D eigenvalue weighted by molar-refractivity contribution is -0.152. The van der Waals surface area contributed by atoms with Gasteiger partial charge in [0.15, 0.2) is 0 Å². The topological polar surface area (TPSA) is 80.7 Å². The van der Waals surface area contributed by atoms with Gasteiger partial charge in [-0.15, -0.1) is 0 Å². The first kappa shape index (κ1) is 13.7. The largest absolute Gasteiger partial charge is 0.481 e. The van der Waals surface area contributed by atoms with Crippen molar-refractivity contribution in [3.63, 3.8) is 0 Å². The highest BCUT2D eigenvalue weighted by Gasteiger charge is 2.48. The molecule has 5 nitrogen and oxygen atoms in total. The Morgan fingerprint density at radius 2 is 2.25 bits per heavy atom. The van der Waals surface area contributed by atoms with Crippen molar-refractivity contribution in [1.82, 2.24) is 0 Å². The predicted octanol–water partition coefficient (Wildman–Crippen LogP) is 1.77. The summed E-state index contributed by atoms with van der Waals surface area (Å²) < 4.78 is 25.8. The number of rotatable bonds is 5. The Labute approximate surface area is 99.4 Å². The zero-order valence-corrected chi connectivity index (χ0v) is 10.6. The summed E-state index contributed by atoms with van der Waals surface area (Å²) >= 11 is 0. The second kappa shape index (κ2) is 4.89. The van der Waals surface area contributed by atoms with Crippen molar-refractivity contribution in [2.24, 2.45) is 11.3 Å². The SMILES string of the molecule is CCC1(C(=O)O)CCCC1COS(=O)(=O)Cl. The monoisotopic (exact) mass is 270 g/mol. The van der Waals surface area contributed by atoms with E-state index in [1.54, 1.807) is 6.92 Å². The van der Waals surface area contributed by atoms with Crippen LogP contribution in [0.4, 0.5) is 0 Å². The molecule has 0 radical (unpaired) electrons. The highest BCUT2D eigenvalue weighted by Crippen LogP contribution is 2.46. The molecule has 0 aromatic carbocycles. The summed E-state index contributed by atoms with van der Waals surface area (Å²) in [7, 11) is 0.914. The molecule has 0 amide bonds. The lowest BCUT2D eigenvalue weighted by Crippen LogP contribution is -2.36. The van der Waals surface area contributed by atoms with Crippen molar-refractivity contribution >= 4 is 26.0 Å². The molecule has 16 heavy (non-hydrogen) atoms. The Morgan fingerprint density at radius 1 is 1.62 bits per heavy atom. The molecular formula is C9H15ClO5S. The Kier molecular flexibility index (Phi) is 4.20. The van der Waals surface area contributed by atoms with E-state index in [1.165, 1.54) is 0 Å². The lowest BCUT2D eigenvalue weighted by Gasteiger charge is -2.29. The van der Waals surface area contributed by atoms with Gasteiger partial charge in [-0.05, 0) is 25.2 Å². The minimum atomic E-state index is -4.02. The highest BCUT2D eigenvalue weighted by molar-refractivity contribution is 8.09. The summed E-state index contributed by atoms with van der Waals surface area (Å²) in [5.74, 6) is -1.17. The molecule has 1 rings (SSSR count). The third-order valence-electron chi connectivity index (χ3n) is 3.42. The molecule has 1 saturated carbocycles. The molecule has 0 saturated heterocycles. The maximum atomic E-state index is 11.3. The van der Waals surface area contributed by atoms with Crippen molar-refractivity contribution in [3.8, 4) is 0 Å². The summed E-state index contributed by atoms with van der Waals surface area (Å²) in [5.41, 5.74) is -0.860. The second-order valence-corrected chi connectivity index (χ2v) is 6.24. The molecule has 0 aromatic rings. The first-order valence-corrected chi connectivity index (χ1v) is 7.37. The average molecular weight is 271 g/mol. The average Bonchev–Trinajstić information content (AvgIpc) is 2.57. The van der Waals surface area contributed by atoms with E-state index < -0.39 is 20.7 Å². The number of hydrogen-bond donors (Lipinski definition) is 1. The van der Waals surface area contributed by atoms with Crippen molar-refractivity contribution in [3.05, 3.63) is 0 Å². The van der Waals surface area contributed by atoms with Gasteiger partial charge in [-0.25, -0.2) is 0 Å². The van der Waals surface area contributed by atoms with E-state index in [1.807, 2.05) is 0 Å². The summed E-state index contributed by atoms with van der Waals surface area (Å²) in [4.78, 5) is 11.3. The zero-order chi connectivity index (χ0) is 12.4. The van der Waals surface area contributed by atoms with Gasteiger partial charge in [0.05, 0.1) is 12.0 Å². The number of aliphatic carboxylic acids is 1. The predicted molar refractivity (Wildman–Crippen MR) is 58.4 cm³/mol. The molecule has 0 aromatic heterocycles. The normalized spacial score (nSPS) is 30.5. The second-order valence-electron chi connectivity index (χ2n) is 4.08. The molecule has 2 unspecified atom stereocenters. The zero-order valence-electron chi connectivity index (χ0n) is 8.98. The fourth-order valence-electron chi connectivity index (χ4n) is 2.45. The number of carboxylic acids is 1. The summed E-state index contributed by atoms with van der Waals surface area (Å²) in [6.07, 6.45) is 2.47. The van der Waals surface area contributed by atoms with Crippen molar-refractivity contribution in [2.75, 3.05) is 6.61 Å². The van der Waals surface area contributed by atoms with Gasteiger partial charge in [-0.3, -0.25) is 8.98 Å². The van der Waals surface area contributed by atoms with Crippen LogP contribution in [-0.4, -0.2) is 26.1 Å². The number of carbonyl (C=O) groups is 1.